The van der Waals surface area contributed by atoms with Crippen molar-refractivity contribution in [2.24, 2.45) is 0 Å². The molecular weight excluding hydrogens is 400 g/mol. The van der Waals surface area contributed by atoms with Gasteiger partial charge in [-0.3, -0.25) is 19.5 Å². The molecule has 154 valence electrons. The van der Waals surface area contributed by atoms with Crippen LogP contribution in [-0.4, -0.2) is 24.0 Å². The molecule has 2 aromatic carbocycles. The number of ether oxygens (including phenoxy) is 1. The predicted octanol–water partition coefficient (Wildman–Crippen LogP) is 4.62. The molecule has 2 heterocycles. The molecule has 0 fully saturated rings. The molecule has 0 N–H and O–H groups in total. The Bertz CT molecular complexity index is 1030. The van der Waals surface area contributed by atoms with Crippen LogP contribution in [0.3, 0.4) is 0 Å². The van der Waals surface area contributed by atoms with Gasteiger partial charge in [0.1, 0.15) is 0 Å². The van der Waals surface area contributed by atoms with Crippen LogP contribution in [0.1, 0.15) is 24.0 Å². The summed E-state index contributed by atoms with van der Waals surface area (Å²) in [4.78, 5) is 31.8. The lowest BCUT2D eigenvalue weighted by Gasteiger charge is -2.29. The number of hydrogen-bond donors (Lipinski definition) is 0. The Morgan fingerprint density at radius 3 is 2.37 bits per heavy atom. The van der Waals surface area contributed by atoms with E-state index in [0.29, 0.717) is 12.8 Å². The average molecular weight is 423 g/mol. The summed E-state index contributed by atoms with van der Waals surface area (Å²) in [6, 6.07) is 21.3. The molecular formula is C24H23ClN2O3. The molecule has 0 spiro atoms. The largest absolute Gasteiger partial charge is 0.469 e. The third-order valence-corrected chi connectivity index (χ3v) is 5.53. The van der Waals surface area contributed by atoms with Gasteiger partial charge in [0.25, 0.3) is 0 Å². The fraction of sp³-hybridized carbons (Fsp3) is 0.208. The van der Waals surface area contributed by atoms with Crippen LogP contribution < -0.4 is 4.90 Å². The number of carbonyl (C=O) groups is 2. The maximum Gasteiger partial charge on any atom is 0.305 e. The van der Waals surface area contributed by atoms with E-state index < -0.39 is 5.41 Å². The van der Waals surface area contributed by atoms with Gasteiger partial charge in [0.2, 0.25) is 5.91 Å². The van der Waals surface area contributed by atoms with Crippen molar-refractivity contribution in [3.63, 3.8) is 0 Å². The predicted molar refractivity (Wildman–Crippen MR) is 118 cm³/mol. The standard InChI is InChI=1S/C24H22N2O3.ClH/c1-29-22(27)11-14-24(17-18-12-15-25-16-13-18)20-9-5-6-10-21(20)26(23(24)28)19-7-3-2-4-8-19;/h2-10,12-13,15-16H,11,14,17H2,1H3;1H. The highest BCUT2D eigenvalue weighted by atomic mass is 35.5. The first-order valence-corrected chi connectivity index (χ1v) is 9.60. The summed E-state index contributed by atoms with van der Waals surface area (Å²) in [6.07, 6.45) is 4.49. The smallest absolute Gasteiger partial charge is 0.305 e. The number of methoxy groups -OCH3 is 1. The molecule has 0 radical (unpaired) electrons. The Kier molecular flexibility index (Phi) is 6.53. The van der Waals surface area contributed by atoms with Gasteiger partial charge < -0.3 is 4.74 Å². The van der Waals surface area contributed by atoms with Crippen LogP contribution in [-0.2, 0) is 26.2 Å². The van der Waals surface area contributed by atoms with Crippen LogP contribution in [0.4, 0.5) is 11.4 Å². The Labute approximate surface area is 182 Å². The number of amides is 1. The highest BCUT2D eigenvalue weighted by Crippen LogP contribution is 2.49. The van der Waals surface area contributed by atoms with Crippen molar-refractivity contribution in [2.75, 3.05) is 12.0 Å². The topological polar surface area (TPSA) is 59.5 Å². The molecule has 1 amide bonds. The Balaban J connectivity index is 0.00000256. The lowest BCUT2D eigenvalue weighted by Crippen LogP contribution is -2.40. The fourth-order valence-electron chi connectivity index (χ4n) is 4.11. The van der Waals surface area contributed by atoms with Crippen LogP contribution >= 0.6 is 12.4 Å². The first-order chi connectivity index (χ1) is 14.2. The Hall–Kier alpha value is -3.18. The van der Waals surface area contributed by atoms with Crippen LogP contribution in [0.25, 0.3) is 0 Å². The fourth-order valence-corrected chi connectivity index (χ4v) is 4.11. The molecule has 6 heteroatoms. The zero-order chi connectivity index (χ0) is 20.3. The van der Waals surface area contributed by atoms with Gasteiger partial charge in [0.05, 0.1) is 18.2 Å². The number of carbonyl (C=O) groups excluding carboxylic acids is 2. The van der Waals surface area contributed by atoms with E-state index in [0.717, 1.165) is 22.5 Å². The quantitative estimate of drug-likeness (QED) is 0.544. The molecule has 1 aliphatic heterocycles. The molecule has 0 aliphatic carbocycles. The minimum atomic E-state index is -0.845. The monoisotopic (exact) mass is 422 g/mol. The minimum Gasteiger partial charge on any atom is -0.469 e. The number of halogens is 1. The van der Waals surface area contributed by atoms with E-state index in [-0.39, 0.29) is 30.7 Å². The molecule has 30 heavy (non-hydrogen) atoms. The van der Waals surface area contributed by atoms with Crippen LogP contribution in [0.15, 0.2) is 79.1 Å². The molecule has 3 aromatic rings. The number of para-hydroxylation sites is 2. The van der Waals surface area contributed by atoms with E-state index in [2.05, 4.69) is 4.98 Å². The molecule has 1 aliphatic rings. The van der Waals surface area contributed by atoms with Crippen molar-refractivity contribution in [1.82, 2.24) is 4.98 Å². The summed E-state index contributed by atoms with van der Waals surface area (Å²) >= 11 is 0. The summed E-state index contributed by atoms with van der Waals surface area (Å²) in [7, 11) is 1.37. The van der Waals surface area contributed by atoms with E-state index in [1.54, 1.807) is 17.3 Å². The molecule has 0 saturated heterocycles. The van der Waals surface area contributed by atoms with Crippen molar-refractivity contribution in [3.05, 3.63) is 90.3 Å². The number of nitrogens with zero attached hydrogens (tertiary/aromatic N) is 2. The minimum absolute atomic E-state index is 0. The number of aromatic nitrogens is 1. The van der Waals surface area contributed by atoms with E-state index >= 15 is 0 Å². The van der Waals surface area contributed by atoms with Gasteiger partial charge in [0.15, 0.2) is 0 Å². The summed E-state index contributed by atoms with van der Waals surface area (Å²) in [5.41, 5.74) is 2.78. The summed E-state index contributed by atoms with van der Waals surface area (Å²) in [5, 5.41) is 0. The van der Waals surface area contributed by atoms with Crippen molar-refractivity contribution >= 4 is 35.7 Å². The zero-order valence-corrected chi connectivity index (χ0v) is 17.5. The second kappa shape index (κ2) is 9.09. The highest BCUT2D eigenvalue weighted by Gasteiger charge is 2.51. The van der Waals surface area contributed by atoms with Crippen LogP contribution in [0, 0.1) is 0 Å². The van der Waals surface area contributed by atoms with Crippen molar-refractivity contribution in [2.45, 2.75) is 24.7 Å². The van der Waals surface area contributed by atoms with Gasteiger partial charge in [-0.2, -0.15) is 0 Å². The molecule has 0 saturated carbocycles. The number of hydrogen-bond acceptors (Lipinski definition) is 4. The maximum absolute atomic E-state index is 13.9. The summed E-state index contributed by atoms with van der Waals surface area (Å²) in [5.74, 6) is -0.340. The van der Waals surface area contributed by atoms with Gasteiger partial charge in [0, 0.05) is 24.5 Å². The second-order valence-corrected chi connectivity index (χ2v) is 7.18. The van der Waals surface area contributed by atoms with Crippen molar-refractivity contribution in [3.8, 4) is 0 Å². The van der Waals surface area contributed by atoms with E-state index in [4.69, 9.17) is 4.74 Å². The van der Waals surface area contributed by atoms with E-state index in [9.17, 15) is 9.59 Å². The summed E-state index contributed by atoms with van der Waals surface area (Å²) < 4.78 is 4.87. The number of benzene rings is 2. The van der Waals surface area contributed by atoms with Crippen molar-refractivity contribution in [1.29, 1.82) is 0 Å². The molecule has 5 nitrogen and oxygen atoms in total. The number of pyridine rings is 1. The second-order valence-electron chi connectivity index (χ2n) is 7.18. The lowest BCUT2D eigenvalue weighted by atomic mass is 9.73. The van der Waals surface area contributed by atoms with Crippen LogP contribution in [0.2, 0.25) is 0 Å². The number of fused-ring (bicyclic) bond motifs is 1. The molecule has 1 atom stereocenters. The van der Waals surface area contributed by atoms with Gasteiger partial charge >= 0.3 is 5.97 Å². The van der Waals surface area contributed by atoms with Gasteiger partial charge in [-0.05, 0) is 54.3 Å². The van der Waals surface area contributed by atoms with Gasteiger partial charge in [-0.15, -0.1) is 12.4 Å². The molecule has 4 rings (SSSR count). The lowest BCUT2D eigenvalue weighted by molar-refractivity contribution is -0.141. The van der Waals surface area contributed by atoms with Gasteiger partial charge in [-0.1, -0.05) is 36.4 Å². The number of rotatable bonds is 6. The summed E-state index contributed by atoms with van der Waals surface area (Å²) in [6.45, 7) is 0. The first-order valence-electron chi connectivity index (χ1n) is 9.60. The molecule has 0 bridgehead atoms. The third-order valence-electron chi connectivity index (χ3n) is 5.53. The average Bonchev–Trinajstić information content (AvgIpc) is 3.01. The number of esters is 1. The van der Waals surface area contributed by atoms with Gasteiger partial charge in [-0.25, -0.2) is 0 Å². The van der Waals surface area contributed by atoms with E-state index in [1.165, 1.54) is 7.11 Å². The SMILES string of the molecule is COC(=O)CCC1(Cc2ccncc2)C(=O)N(c2ccccc2)c2ccccc21.Cl. The highest BCUT2D eigenvalue weighted by molar-refractivity contribution is 6.13. The van der Waals surface area contributed by atoms with Crippen LogP contribution in [0.5, 0.6) is 0 Å². The molecule has 1 unspecified atom stereocenters. The van der Waals surface area contributed by atoms with Crippen molar-refractivity contribution < 1.29 is 14.3 Å². The maximum atomic E-state index is 13.9. The Morgan fingerprint density at radius 1 is 1.00 bits per heavy atom. The number of anilines is 2. The Morgan fingerprint density at radius 2 is 1.67 bits per heavy atom. The third kappa shape index (κ3) is 3.81. The molecule has 1 aromatic heterocycles. The normalized spacial score (nSPS) is 17.2. The van der Waals surface area contributed by atoms with E-state index in [1.807, 2.05) is 66.7 Å². The zero-order valence-electron chi connectivity index (χ0n) is 16.7. The first kappa shape index (κ1) is 21.5.